The van der Waals surface area contributed by atoms with Crippen molar-refractivity contribution >= 4 is 34.4 Å². The molecule has 2 N–H and O–H groups in total. The molecule has 1 fully saturated rings. The predicted molar refractivity (Wildman–Crippen MR) is 125 cm³/mol. The lowest BCUT2D eigenvalue weighted by atomic mass is 10.1. The molecular formula is C23H22ClF4N5O3. The van der Waals surface area contributed by atoms with E-state index in [2.05, 4.69) is 9.97 Å². The van der Waals surface area contributed by atoms with Crippen LogP contribution in [-0.4, -0.2) is 56.5 Å². The second kappa shape index (κ2) is 9.32. The van der Waals surface area contributed by atoms with Gasteiger partial charge in [-0.1, -0.05) is 18.5 Å². The first-order valence-corrected chi connectivity index (χ1v) is 11.4. The van der Waals surface area contributed by atoms with Gasteiger partial charge >= 0.3 is 6.18 Å². The molecule has 36 heavy (non-hydrogen) atoms. The van der Waals surface area contributed by atoms with Gasteiger partial charge < -0.3 is 15.3 Å². The van der Waals surface area contributed by atoms with Crippen molar-refractivity contribution in [3.63, 3.8) is 0 Å². The Balaban J connectivity index is 1.90. The molecule has 0 radical (unpaired) electrons. The van der Waals surface area contributed by atoms with Crippen LogP contribution in [0.4, 0.5) is 23.4 Å². The van der Waals surface area contributed by atoms with Crippen molar-refractivity contribution in [2.45, 2.75) is 44.5 Å². The maximum Gasteiger partial charge on any atom is 0.408 e. The van der Waals surface area contributed by atoms with Crippen molar-refractivity contribution in [1.29, 1.82) is 0 Å². The number of hydrogen-bond donors (Lipinski definition) is 2. The molecule has 1 amide bonds. The number of carbonyl (C=O) groups excluding carboxylic acids is 1. The van der Waals surface area contributed by atoms with Crippen LogP contribution < -0.4 is 15.6 Å². The number of rotatable bonds is 5. The van der Waals surface area contributed by atoms with Gasteiger partial charge in [0, 0.05) is 19.3 Å². The Kier molecular flexibility index (Phi) is 6.69. The lowest BCUT2D eigenvalue weighted by Gasteiger charge is -2.22. The maximum atomic E-state index is 13.7. The Labute approximate surface area is 207 Å². The SMILES string of the molecule is CCC(NC(=O)c1cn(-c2ncc(F)cc2Cl)c2nc(N3CCC(C)(O)C3)ccc2c1=O)C(F)(F)F. The number of amides is 1. The van der Waals surface area contributed by atoms with Crippen LogP contribution in [0.5, 0.6) is 0 Å². The summed E-state index contributed by atoms with van der Waals surface area (Å²) in [7, 11) is 0. The van der Waals surface area contributed by atoms with Gasteiger partial charge in [-0.2, -0.15) is 13.2 Å². The molecule has 1 saturated heterocycles. The zero-order chi connectivity index (χ0) is 26.4. The van der Waals surface area contributed by atoms with Gasteiger partial charge in [-0.3, -0.25) is 14.2 Å². The standard InChI is InChI=1S/C23H22ClF4N5O3/c1-3-16(23(26,27)28)30-21(35)14-10-33(20-15(24)8-12(25)9-29-20)19-13(18(14)34)4-5-17(31-19)32-7-6-22(2,36)11-32/h4-5,8-10,16,36H,3,6-7,11H2,1-2H3,(H,30,35). The number of alkyl halides is 3. The summed E-state index contributed by atoms with van der Waals surface area (Å²) in [5, 5.41) is 11.9. The fraction of sp³-hybridized carbons (Fsp3) is 0.391. The number of fused-ring (bicyclic) bond motifs is 1. The number of carbonyl (C=O) groups is 1. The molecule has 0 bridgehead atoms. The van der Waals surface area contributed by atoms with E-state index in [1.165, 1.54) is 23.6 Å². The van der Waals surface area contributed by atoms with Gasteiger partial charge in [-0.05, 0) is 38.0 Å². The van der Waals surface area contributed by atoms with Gasteiger partial charge in [0.1, 0.15) is 23.2 Å². The van der Waals surface area contributed by atoms with Crippen LogP contribution in [0.2, 0.25) is 5.02 Å². The minimum absolute atomic E-state index is 0.00413. The summed E-state index contributed by atoms with van der Waals surface area (Å²) in [5.41, 5.74) is -2.37. The number of anilines is 1. The second-order valence-corrected chi connectivity index (χ2v) is 9.29. The van der Waals surface area contributed by atoms with Crippen LogP contribution in [0.15, 0.2) is 35.4 Å². The second-order valence-electron chi connectivity index (χ2n) is 8.89. The third-order valence-corrected chi connectivity index (χ3v) is 6.26. The van der Waals surface area contributed by atoms with Crippen molar-refractivity contribution < 1.29 is 27.5 Å². The highest BCUT2D eigenvalue weighted by molar-refractivity contribution is 6.32. The minimum atomic E-state index is -4.71. The Hall–Kier alpha value is -3.25. The number of halogens is 5. The lowest BCUT2D eigenvalue weighted by molar-refractivity contribution is -0.153. The molecule has 0 spiro atoms. The Morgan fingerprint density at radius 3 is 2.67 bits per heavy atom. The van der Waals surface area contributed by atoms with Gasteiger partial charge in [0.05, 0.1) is 22.2 Å². The monoisotopic (exact) mass is 527 g/mol. The zero-order valence-corrected chi connectivity index (χ0v) is 20.0. The molecule has 13 heteroatoms. The van der Waals surface area contributed by atoms with Gasteiger partial charge in [0.25, 0.3) is 5.91 Å². The van der Waals surface area contributed by atoms with Gasteiger partial charge in [0.15, 0.2) is 11.5 Å². The van der Waals surface area contributed by atoms with Crippen molar-refractivity contribution in [1.82, 2.24) is 19.9 Å². The summed E-state index contributed by atoms with van der Waals surface area (Å²) in [6.07, 6.45) is -2.81. The van der Waals surface area contributed by atoms with Crippen molar-refractivity contribution in [3.8, 4) is 5.82 Å². The van der Waals surface area contributed by atoms with E-state index in [0.29, 0.717) is 18.8 Å². The number of aromatic nitrogens is 3. The molecule has 1 aliphatic heterocycles. The minimum Gasteiger partial charge on any atom is -0.388 e. The maximum absolute atomic E-state index is 13.7. The number of nitrogens with one attached hydrogen (secondary N) is 1. The van der Waals surface area contributed by atoms with E-state index in [1.807, 2.05) is 5.32 Å². The van der Waals surface area contributed by atoms with Gasteiger partial charge in [-0.15, -0.1) is 0 Å². The van der Waals surface area contributed by atoms with Crippen molar-refractivity contribution in [3.05, 3.63) is 57.2 Å². The zero-order valence-electron chi connectivity index (χ0n) is 19.2. The molecule has 3 aromatic rings. The van der Waals surface area contributed by atoms with Gasteiger partial charge in [-0.25, -0.2) is 14.4 Å². The summed E-state index contributed by atoms with van der Waals surface area (Å²) >= 11 is 6.19. The largest absolute Gasteiger partial charge is 0.408 e. The number of aliphatic hydroxyl groups is 1. The molecule has 8 nitrogen and oxygen atoms in total. The first-order valence-electron chi connectivity index (χ1n) is 11.0. The quantitative estimate of drug-likeness (QED) is 0.492. The van der Waals surface area contributed by atoms with Crippen LogP contribution in [-0.2, 0) is 0 Å². The molecular weight excluding hydrogens is 506 g/mol. The number of hydrogen-bond acceptors (Lipinski definition) is 6. The van der Waals surface area contributed by atoms with E-state index in [4.69, 9.17) is 11.6 Å². The highest BCUT2D eigenvalue weighted by Gasteiger charge is 2.40. The summed E-state index contributed by atoms with van der Waals surface area (Å²) < 4.78 is 54.5. The smallest absolute Gasteiger partial charge is 0.388 e. The average molecular weight is 528 g/mol. The van der Waals surface area contributed by atoms with E-state index in [0.717, 1.165) is 18.5 Å². The number of β-amino-alcohol motifs (C(OH)–C–C–N with tert-alkyl or cyclic N) is 1. The van der Waals surface area contributed by atoms with Crippen LogP contribution in [0.1, 0.15) is 37.0 Å². The van der Waals surface area contributed by atoms with Crippen molar-refractivity contribution in [2.24, 2.45) is 0 Å². The van der Waals surface area contributed by atoms with Crippen LogP contribution in [0.3, 0.4) is 0 Å². The molecule has 4 rings (SSSR count). The summed E-state index contributed by atoms with van der Waals surface area (Å²) in [4.78, 5) is 36.2. The van der Waals surface area contributed by atoms with E-state index < -0.39 is 47.0 Å². The molecule has 4 heterocycles. The average Bonchev–Trinajstić information content (AvgIpc) is 3.16. The molecule has 2 atom stereocenters. The highest BCUT2D eigenvalue weighted by Crippen LogP contribution is 2.28. The first-order chi connectivity index (χ1) is 16.8. The Morgan fingerprint density at radius 2 is 2.08 bits per heavy atom. The normalized spacial score (nSPS) is 19.1. The summed E-state index contributed by atoms with van der Waals surface area (Å²) in [5.74, 6) is -1.65. The predicted octanol–water partition coefficient (Wildman–Crippen LogP) is 3.61. The molecule has 1 aliphatic rings. The molecule has 0 aromatic carbocycles. The molecule has 0 aliphatic carbocycles. The fourth-order valence-corrected chi connectivity index (χ4v) is 4.31. The lowest BCUT2D eigenvalue weighted by Crippen LogP contribution is -2.46. The van der Waals surface area contributed by atoms with Crippen LogP contribution >= 0.6 is 11.6 Å². The molecule has 0 saturated carbocycles. The van der Waals surface area contributed by atoms with Crippen molar-refractivity contribution in [2.75, 3.05) is 18.0 Å². The first kappa shape index (κ1) is 25.8. The van der Waals surface area contributed by atoms with Crippen LogP contribution in [0.25, 0.3) is 16.9 Å². The molecule has 3 aromatic heterocycles. The Bertz CT molecular complexity index is 1390. The number of pyridine rings is 3. The number of nitrogens with zero attached hydrogens (tertiary/aromatic N) is 4. The van der Waals surface area contributed by atoms with Crippen LogP contribution in [0, 0.1) is 5.82 Å². The van der Waals surface area contributed by atoms with Gasteiger partial charge in [0.2, 0.25) is 5.43 Å². The summed E-state index contributed by atoms with van der Waals surface area (Å²) in [6, 6.07) is 1.70. The third-order valence-electron chi connectivity index (χ3n) is 5.98. The van der Waals surface area contributed by atoms with E-state index in [-0.39, 0.29) is 28.4 Å². The van der Waals surface area contributed by atoms with E-state index in [1.54, 1.807) is 11.8 Å². The molecule has 2 unspecified atom stereocenters. The van der Waals surface area contributed by atoms with E-state index >= 15 is 0 Å². The Morgan fingerprint density at radius 1 is 1.36 bits per heavy atom. The van der Waals surface area contributed by atoms with E-state index in [9.17, 15) is 32.3 Å². The topological polar surface area (TPSA) is 100 Å². The highest BCUT2D eigenvalue weighted by atomic mass is 35.5. The summed E-state index contributed by atoms with van der Waals surface area (Å²) in [6.45, 7) is 3.70. The fourth-order valence-electron chi connectivity index (χ4n) is 4.07. The molecule has 192 valence electrons. The third kappa shape index (κ3) is 5.00.